The number of anilines is 1. The van der Waals surface area contributed by atoms with E-state index in [0.717, 1.165) is 48.4 Å². The lowest BCUT2D eigenvalue weighted by molar-refractivity contribution is -0.204. The van der Waals surface area contributed by atoms with Crippen molar-refractivity contribution in [3.63, 3.8) is 0 Å². The van der Waals surface area contributed by atoms with E-state index in [2.05, 4.69) is 39.3 Å². The molecule has 0 saturated carbocycles. The number of piperidine rings is 1. The Kier molecular flexibility index (Phi) is 6.37. The first-order valence-corrected chi connectivity index (χ1v) is 11.1. The summed E-state index contributed by atoms with van der Waals surface area (Å²) < 4.78 is 7.40. The summed E-state index contributed by atoms with van der Waals surface area (Å²) in [7, 11) is 1.67. The first kappa shape index (κ1) is 22.1. The summed E-state index contributed by atoms with van der Waals surface area (Å²) in [4.78, 5) is 22.5. The van der Waals surface area contributed by atoms with Gasteiger partial charge in [-0.1, -0.05) is 12.1 Å². The second-order valence-corrected chi connectivity index (χ2v) is 9.39. The number of pyridine rings is 1. The van der Waals surface area contributed by atoms with Crippen LogP contribution in [-0.2, 0) is 16.2 Å². The number of hydroxylamine groups is 2. The van der Waals surface area contributed by atoms with Crippen molar-refractivity contribution < 1.29 is 14.4 Å². The Morgan fingerprint density at radius 2 is 1.97 bits per heavy atom. The van der Waals surface area contributed by atoms with E-state index in [1.54, 1.807) is 12.2 Å². The number of rotatable bonds is 6. The molecule has 1 aromatic carbocycles. The average Bonchev–Trinajstić information content (AvgIpc) is 3.18. The number of fused-ring (bicyclic) bond motifs is 1. The van der Waals surface area contributed by atoms with Gasteiger partial charge in [-0.25, -0.2) is 9.78 Å². The summed E-state index contributed by atoms with van der Waals surface area (Å²) >= 11 is 0. The van der Waals surface area contributed by atoms with Crippen LogP contribution in [0.5, 0.6) is 5.75 Å². The molecule has 1 N–H and O–H groups in total. The molecule has 3 aromatic rings. The molecule has 0 bridgehead atoms. The molecule has 3 heterocycles. The minimum atomic E-state index is -0.509. The number of hydrogen-bond donors (Lipinski definition) is 1. The van der Waals surface area contributed by atoms with Crippen LogP contribution in [0.25, 0.3) is 11.0 Å². The number of ether oxygens (including phenoxy) is 1. The number of methoxy groups -OCH3 is 1. The predicted octanol–water partition coefficient (Wildman–Crippen LogP) is 4.47. The molecule has 2 aromatic heterocycles. The van der Waals surface area contributed by atoms with Crippen molar-refractivity contribution in [1.82, 2.24) is 14.6 Å². The lowest BCUT2D eigenvalue weighted by Gasteiger charge is -2.33. The van der Waals surface area contributed by atoms with E-state index in [1.807, 2.05) is 45.2 Å². The molecule has 1 atom stereocenters. The Labute approximate surface area is 189 Å². The summed E-state index contributed by atoms with van der Waals surface area (Å²) in [5, 5.41) is 6.54. The Morgan fingerprint density at radius 3 is 2.69 bits per heavy atom. The van der Waals surface area contributed by atoms with Crippen molar-refractivity contribution in [2.75, 3.05) is 25.5 Å². The molecule has 1 fully saturated rings. The number of nitrogens with one attached hydrogen (secondary N) is 1. The number of nitrogens with zero attached hydrogens (tertiary/aromatic N) is 3. The van der Waals surface area contributed by atoms with Gasteiger partial charge in [0.15, 0.2) is 0 Å². The van der Waals surface area contributed by atoms with Crippen LogP contribution in [0.3, 0.4) is 0 Å². The lowest BCUT2D eigenvalue weighted by atomic mass is 9.98. The Morgan fingerprint density at radius 1 is 1.19 bits per heavy atom. The maximum absolute atomic E-state index is 12.3. The van der Waals surface area contributed by atoms with E-state index < -0.39 is 5.41 Å². The van der Waals surface area contributed by atoms with Gasteiger partial charge in [0.2, 0.25) is 0 Å². The molecule has 0 amide bonds. The molecule has 0 radical (unpaired) electrons. The fourth-order valence-electron chi connectivity index (χ4n) is 3.89. The molecule has 7 heteroatoms. The molecule has 0 spiro atoms. The first-order valence-electron chi connectivity index (χ1n) is 11.1. The summed E-state index contributed by atoms with van der Waals surface area (Å²) in [5.41, 5.74) is 2.67. The van der Waals surface area contributed by atoms with Gasteiger partial charge < -0.3 is 19.5 Å². The molecule has 1 aliphatic heterocycles. The summed E-state index contributed by atoms with van der Waals surface area (Å²) in [6.45, 7) is 7.80. The van der Waals surface area contributed by atoms with Crippen molar-refractivity contribution >= 4 is 22.7 Å². The van der Waals surface area contributed by atoms with Crippen molar-refractivity contribution in [3.8, 4) is 5.75 Å². The second kappa shape index (κ2) is 9.20. The number of benzene rings is 1. The molecule has 32 heavy (non-hydrogen) atoms. The highest BCUT2D eigenvalue weighted by Crippen LogP contribution is 2.26. The number of hydrogen-bond acceptors (Lipinski definition) is 6. The van der Waals surface area contributed by atoms with Gasteiger partial charge in [0.25, 0.3) is 0 Å². The van der Waals surface area contributed by atoms with Crippen LogP contribution in [-0.4, -0.2) is 46.8 Å². The van der Waals surface area contributed by atoms with Crippen LogP contribution >= 0.6 is 0 Å². The Balaban J connectivity index is 1.46. The number of carbonyl (C=O) groups is 1. The van der Waals surface area contributed by atoms with Gasteiger partial charge in [0.05, 0.1) is 19.1 Å². The molecular weight excluding hydrogens is 404 g/mol. The summed E-state index contributed by atoms with van der Waals surface area (Å²) in [6.07, 6.45) is 5.92. The Hall–Kier alpha value is -3.06. The van der Waals surface area contributed by atoms with E-state index in [0.29, 0.717) is 6.54 Å². The maximum atomic E-state index is 12.3. The van der Waals surface area contributed by atoms with E-state index in [1.165, 1.54) is 5.56 Å². The van der Waals surface area contributed by atoms with Crippen LogP contribution in [0.2, 0.25) is 0 Å². The normalized spacial score (nSPS) is 17.3. The fraction of sp³-hybridized carbons (Fsp3) is 0.440. The van der Waals surface area contributed by atoms with Gasteiger partial charge in [0, 0.05) is 42.6 Å². The summed E-state index contributed by atoms with van der Waals surface area (Å²) in [6, 6.07) is 12.4. The first-order chi connectivity index (χ1) is 15.3. The third kappa shape index (κ3) is 5.05. The molecule has 1 saturated heterocycles. The van der Waals surface area contributed by atoms with Crippen LogP contribution in [0.4, 0.5) is 5.69 Å². The summed E-state index contributed by atoms with van der Waals surface area (Å²) in [5.74, 6) is 0.658. The van der Waals surface area contributed by atoms with Crippen LogP contribution < -0.4 is 10.1 Å². The van der Waals surface area contributed by atoms with Gasteiger partial charge in [-0.15, -0.1) is 5.06 Å². The average molecular weight is 437 g/mol. The van der Waals surface area contributed by atoms with E-state index in [4.69, 9.17) is 9.57 Å². The highest BCUT2D eigenvalue weighted by Gasteiger charge is 2.29. The highest BCUT2D eigenvalue weighted by molar-refractivity contribution is 5.89. The number of aromatic nitrogens is 2. The van der Waals surface area contributed by atoms with Crippen molar-refractivity contribution in [2.45, 2.75) is 46.2 Å². The van der Waals surface area contributed by atoms with Gasteiger partial charge in [-0.3, -0.25) is 0 Å². The zero-order valence-corrected chi connectivity index (χ0v) is 19.3. The largest absolute Gasteiger partial charge is 0.497 e. The van der Waals surface area contributed by atoms with Crippen LogP contribution in [0.15, 0.2) is 48.8 Å². The highest BCUT2D eigenvalue weighted by atomic mass is 16.7. The van der Waals surface area contributed by atoms with Gasteiger partial charge in [-0.05, 0) is 63.4 Å². The third-order valence-electron chi connectivity index (χ3n) is 5.74. The molecule has 4 rings (SSSR count). The van der Waals surface area contributed by atoms with E-state index in [-0.39, 0.29) is 12.0 Å². The minimum Gasteiger partial charge on any atom is -0.497 e. The molecule has 0 aliphatic carbocycles. The predicted molar refractivity (Wildman–Crippen MR) is 126 cm³/mol. The lowest BCUT2D eigenvalue weighted by Crippen LogP contribution is -2.44. The minimum absolute atomic E-state index is 0.194. The Bertz CT molecular complexity index is 1070. The quantitative estimate of drug-likeness (QED) is 0.615. The van der Waals surface area contributed by atoms with Gasteiger partial charge in [0.1, 0.15) is 11.4 Å². The topological polar surface area (TPSA) is 68.6 Å². The molecule has 170 valence electrons. The third-order valence-corrected chi connectivity index (χ3v) is 5.74. The smallest absolute Gasteiger partial charge is 0.330 e. The van der Waals surface area contributed by atoms with E-state index in [9.17, 15) is 4.79 Å². The molecule has 7 nitrogen and oxygen atoms in total. The maximum Gasteiger partial charge on any atom is 0.330 e. The van der Waals surface area contributed by atoms with Crippen LogP contribution in [0.1, 0.15) is 39.2 Å². The van der Waals surface area contributed by atoms with Crippen molar-refractivity contribution in [1.29, 1.82) is 0 Å². The SMILES string of the molecule is COc1ccc(Cn2ccc3c(NC4CCCN(OC(=O)C(C)(C)C)C4)ccnc32)cc1. The molecular formula is C25H32N4O3. The van der Waals surface area contributed by atoms with Gasteiger partial charge in [-0.2, -0.15) is 0 Å². The van der Waals surface area contributed by atoms with E-state index >= 15 is 0 Å². The fourth-order valence-corrected chi connectivity index (χ4v) is 3.89. The molecule has 1 aliphatic rings. The van der Waals surface area contributed by atoms with Gasteiger partial charge >= 0.3 is 5.97 Å². The second-order valence-electron chi connectivity index (χ2n) is 9.39. The van der Waals surface area contributed by atoms with Crippen molar-refractivity contribution in [2.24, 2.45) is 5.41 Å². The number of carbonyl (C=O) groups excluding carboxylic acids is 1. The zero-order chi connectivity index (χ0) is 22.7. The monoisotopic (exact) mass is 436 g/mol. The zero-order valence-electron chi connectivity index (χ0n) is 19.3. The molecule has 1 unspecified atom stereocenters. The standard InChI is InChI=1S/C25H32N4O3/c1-25(2,3)24(30)32-29-14-5-6-19(17-29)27-22-11-13-26-23-21(22)12-15-28(23)16-18-7-9-20(31-4)10-8-18/h7-13,15,19H,5-6,14,16-17H2,1-4H3,(H,26,27). The van der Waals surface area contributed by atoms with Crippen molar-refractivity contribution in [3.05, 3.63) is 54.4 Å². The van der Waals surface area contributed by atoms with Crippen LogP contribution in [0, 0.1) is 5.41 Å².